The highest BCUT2D eigenvalue weighted by atomic mass is 16.5. The van der Waals surface area contributed by atoms with Crippen molar-refractivity contribution in [2.24, 2.45) is 5.84 Å². The minimum Gasteiger partial charge on any atom is -0.496 e. The first kappa shape index (κ1) is 15.2. The van der Waals surface area contributed by atoms with Crippen molar-refractivity contribution in [1.82, 2.24) is 14.6 Å². The number of methoxy groups -OCH3 is 1. The number of fused-ring (bicyclic) bond motifs is 1. The normalized spacial score (nSPS) is 15.8. The average Bonchev–Trinajstić information content (AvgIpc) is 3.23. The molecule has 1 aromatic carbocycles. The van der Waals surface area contributed by atoms with Crippen molar-refractivity contribution in [2.45, 2.75) is 12.6 Å². The Labute approximate surface area is 143 Å². The summed E-state index contributed by atoms with van der Waals surface area (Å²) in [6, 6.07) is 11.2. The second-order valence-corrected chi connectivity index (χ2v) is 5.53. The number of nitrogens with two attached hydrogens (primary N) is 1. The lowest BCUT2D eigenvalue weighted by atomic mass is 10.1. The molecule has 1 aliphatic rings. The van der Waals surface area contributed by atoms with Crippen molar-refractivity contribution >= 4 is 5.95 Å². The first-order valence-corrected chi connectivity index (χ1v) is 7.68. The number of ether oxygens (including phenoxy) is 1. The van der Waals surface area contributed by atoms with Gasteiger partial charge in [-0.25, -0.2) is 11.0 Å². The zero-order valence-electron chi connectivity index (χ0n) is 13.5. The first-order chi connectivity index (χ1) is 12.2. The van der Waals surface area contributed by atoms with Gasteiger partial charge in [-0.15, -0.1) is 0 Å². The molecule has 9 nitrogen and oxygen atoms in total. The molecule has 0 aliphatic carbocycles. The molecule has 0 saturated carbocycles. The molecule has 0 saturated heterocycles. The van der Waals surface area contributed by atoms with Gasteiger partial charge in [0.25, 0.3) is 0 Å². The van der Waals surface area contributed by atoms with Gasteiger partial charge < -0.3 is 14.5 Å². The lowest BCUT2D eigenvalue weighted by Gasteiger charge is -2.18. The summed E-state index contributed by atoms with van der Waals surface area (Å²) in [5.74, 6) is 8.41. The summed E-state index contributed by atoms with van der Waals surface area (Å²) in [7, 11) is 1.62. The number of nitrogens with one attached hydrogen (secondary N) is 2. The van der Waals surface area contributed by atoms with E-state index in [9.17, 15) is 0 Å². The van der Waals surface area contributed by atoms with E-state index in [2.05, 4.69) is 15.3 Å². The van der Waals surface area contributed by atoms with E-state index in [0.29, 0.717) is 24.0 Å². The highest BCUT2D eigenvalue weighted by Gasteiger charge is 2.31. The number of nitrogens with zero attached hydrogens (tertiary/aromatic N) is 4. The predicted molar refractivity (Wildman–Crippen MR) is 89.2 cm³/mol. The Balaban J connectivity index is 1.68. The maximum Gasteiger partial charge on any atom is 0.247 e. The Morgan fingerprint density at radius 1 is 1.28 bits per heavy atom. The molecule has 0 fully saturated rings. The molecular formula is C16H17N7O2. The molecule has 0 bridgehead atoms. The summed E-state index contributed by atoms with van der Waals surface area (Å²) in [6.07, 6.45) is 1.57. The van der Waals surface area contributed by atoms with Gasteiger partial charge in [-0.3, -0.25) is 5.41 Å². The Kier molecular flexibility index (Phi) is 3.62. The van der Waals surface area contributed by atoms with E-state index in [1.54, 1.807) is 25.5 Å². The first-order valence-electron chi connectivity index (χ1n) is 7.68. The third kappa shape index (κ3) is 2.60. The number of aromatic nitrogens is 3. The van der Waals surface area contributed by atoms with E-state index < -0.39 is 6.17 Å². The number of benzene rings is 1. The van der Waals surface area contributed by atoms with Crippen LogP contribution in [0.3, 0.4) is 0 Å². The zero-order valence-corrected chi connectivity index (χ0v) is 13.5. The molecular weight excluding hydrogens is 322 g/mol. The van der Waals surface area contributed by atoms with E-state index in [1.165, 1.54) is 9.79 Å². The summed E-state index contributed by atoms with van der Waals surface area (Å²) in [4.78, 5) is 8.75. The van der Waals surface area contributed by atoms with Crippen LogP contribution in [-0.2, 0) is 6.42 Å². The van der Waals surface area contributed by atoms with E-state index in [0.717, 1.165) is 11.3 Å². The van der Waals surface area contributed by atoms with Gasteiger partial charge in [0, 0.05) is 12.0 Å². The van der Waals surface area contributed by atoms with Gasteiger partial charge in [-0.05, 0) is 18.2 Å². The standard InChI is InChI=1S/C16H17N7O2/c1-24-11-6-3-2-5-10(11)9-13-19-15(17)22-16(20-13)21-14(23(22)18)12-7-4-8-25-12/h2-8,14H,9,18H2,1H3,(H2,17,19,20,21). The highest BCUT2D eigenvalue weighted by Crippen LogP contribution is 2.26. The van der Waals surface area contributed by atoms with Crippen LogP contribution in [0.1, 0.15) is 23.3 Å². The molecule has 25 heavy (non-hydrogen) atoms. The molecule has 1 unspecified atom stereocenters. The molecule has 0 spiro atoms. The molecule has 2 aromatic heterocycles. The van der Waals surface area contributed by atoms with E-state index in [-0.39, 0.29) is 5.62 Å². The molecule has 1 aliphatic heterocycles. The zero-order chi connectivity index (χ0) is 17.4. The number of hydrogen-bond donors (Lipinski definition) is 3. The van der Waals surface area contributed by atoms with Crippen LogP contribution < -0.4 is 26.6 Å². The Morgan fingerprint density at radius 2 is 2.12 bits per heavy atom. The highest BCUT2D eigenvalue weighted by molar-refractivity contribution is 5.40. The lowest BCUT2D eigenvalue weighted by molar-refractivity contribution is 0.410. The minimum atomic E-state index is -0.449. The number of hydrogen-bond acceptors (Lipinski definition) is 8. The number of para-hydroxylation sites is 1. The van der Waals surface area contributed by atoms with Crippen molar-refractivity contribution < 1.29 is 9.15 Å². The Hall–Kier alpha value is -3.33. The van der Waals surface area contributed by atoms with Crippen LogP contribution in [0, 0.1) is 5.41 Å². The smallest absolute Gasteiger partial charge is 0.247 e. The van der Waals surface area contributed by atoms with Gasteiger partial charge in [0.05, 0.1) is 13.4 Å². The maximum absolute atomic E-state index is 8.19. The Morgan fingerprint density at radius 3 is 2.88 bits per heavy atom. The van der Waals surface area contributed by atoms with Gasteiger partial charge in [0.1, 0.15) is 17.3 Å². The fraction of sp³-hybridized carbons (Fsp3) is 0.188. The molecule has 128 valence electrons. The SMILES string of the molecule is COc1ccccc1Cc1nc2n(c(=N)n1)N(N)C(c1ccco1)N2. The van der Waals surface area contributed by atoms with Gasteiger partial charge in [-0.1, -0.05) is 18.2 Å². The summed E-state index contributed by atoms with van der Waals surface area (Å²) < 4.78 is 12.2. The predicted octanol–water partition coefficient (Wildman–Crippen LogP) is 0.886. The van der Waals surface area contributed by atoms with Crippen LogP contribution in [0.2, 0.25) is 0 Å². The van der Waals surface area contributed by atoms with Crippen LogP contribution >= 0.6 is 0 Å². The fourth-order valence-electron chi connectivity index (χ4n) is 2.83. The molecule has 4 N–H and O–H groups in total. The van der Waals surface area contributed by atoms with Crippen LogP contribution in [0.25, 0.3) is 0 Å². The molecule has 4 rings (SSSR count). The molecule has 0 radical (unpaired) electrons. The van der Waals surface area contributed by atoms with Crippen LogP contribution in [0.4, 0.5) is 5.95 Å². The largest absolute Gasteiger partial charge is 0.496 e. The van der Waals surface area contributed by atoms with Crippen LogP contribution in [-0.4, -0.2) is 21.8 Å². The molecule has 9 heteroatoms. The van der Waals surface area contributed by atoms with E-state index in [1.807, 2.05) is 24.3 Å². The monoisotopic (exact) mass is 339 g/mol. The fourth-order valence-corrected chi connectivity index (χ4v) is 2.83. The second-order valence-electron chi connectivity index (χ2n) is 5.53. The van der Waals surface area contributed by atoms with Crippen molar-refractivity contribution in [3.05, 3.63) is 65.4 Å². The molecule has 3 heterocycles. The molecule has 0 amide bonds. The molecule has 3 aromatic rings. The lowest BCUT2D eigenvalue weighted by Crippen LogP contribution is -2.47. The van der Waals surface area contributed by atoms with Crippen molar-refractivity contribution in [3.63, 3.8) is 0 Å². The minimum absolute atomic E-state index is 0.0149. The second kappa shape index (κ2) is 5.95. The van der Waals surface area contributed by atoms with Crippen LogP contribution in [0.5, 0.6) is 5.75 Å². The van der Waals surface area contributed by atoms with Gasteiger partial charge >= 0.3 is 0 Å². The van der Waals surface area contributed by atoms with E-state index in [4.69, 9.17) is 20.4 Å². The average molecular weight is 339 g/mol. The van der Waals surface area contributed by atoms with Gasteiger partial charge in [-0.2, -0.15) is 14.6 Å². The summed E-state index contributed by atoms with van der Waals surface area (Å²) in [5, 5.41) is 12.7. The molecule has 1 atom stereocenters. The third-order valence-electron chi connectivity index (χ3n) is 3.99. The van der Waals surface area contributed by atoms with Crippen molar-refractivity contribution in [2.75, 3.05) is 17.5 Å². The number of hydrazine groups is 1. The number of anilines is 1. The topological polar surface area (TPSA) is 118 Å². The maximum atomic E-state index is 8.19. The third-order valence-corrected chi connectivity index (χ3v) is 3.99. The van der Waals surface area contributed by atoms with Crippen LogP contribution in [0.15, 0.2) is 47.1 Å². The van der Waals surface area contributed by atoms with Gasteiger partial charge in [0.15, 0.2) is 6.17 Å². The quantitative estimate of drug-likeness (QED) is 0.604. The van der Waals surface area contributed by atoms with Crippen molar-refractivity contribution in [3.8, 4) is 5.75 Å². The Bertz CT molecular complexity index is 951. The van der Waals surface area contributed by atoms with Crippen molar-refractivity contribution in [1.29, 1.82) is 5.41 Å². The number of rotatable bonds is 4. The summed E-state index contributed by atoms with van der Waals surface area (Å²) >= 11 is 0. The summed E-state index contributed by atoms with van der Waals surface area (Å²) in [6.45, 7) is 0. The number of furan rings is 1. The van der Waals surface area contributed by atoms with E-state index >= 15 is 0 Å². The van der Waals surface area contributed by atoms with Gasteiger partial charge in [0.2, 0.25) is 11.6 Å². The summed E-state index contributed by atoms with van der Waals surface area (Å²) in [5.41, 5.74) is 0.929.